The molecule has 0 saturated carbocycles. The minimum atomic E-state index is -0.0696. The first-order valence-corrected chi connectivity index (χ1v) is 9.29. The topological polar surface area (TPSA) is 75.6 Å². The lowest BCUT2D eigenvalue weighted by atomic mass is 10.0. The van der Waals surface area contributed by atoms with E-state index in [4.69, 9.17) is 4.74 Å². The summed E-state index contributed by atoms with van der Waals surface area (Å²) in [5.74, 6) is 0.439. The van der Waals surface area contributed by atoms with Crippen LogP contribution < -0.4 is 4.74 Å². The van der Waals surface area contributed by atoms with Gasteiger partial charge in [-0.25, -0.2) is 0 Å². The van der Waals surface area contributed by atoms with Crippen LogP contribution >= 0.6 is 0 Å². The van der Waals surface area contributed by atoms with E-state index in [1.807, 2.05) is 31.2 Å². The van der Waals surface area contributed by atoms with Gasteiger partial charge in [0.05, 0.1) is 6.54 Å². The number of aryl methyl sites for hydroxylation is 1. The van der Waals surface area contributed by atoms with Crippen molar-refractivity contribution in [2.45, 2.75) is 19.9 Å². The van der Waals surface area contributed by atoms with Gasteiger partial charge in [0.25, 0.3) is 5.91 Å². The highest BCUT2D eigenvalue weighted by molar-refractivity contribution is 5.94. The van der Waals surface area contributed by atoms with Gasteiger partial charge < -0.3 is 14.7 Å². The summed E-state index contributed by atoms with van der Waals surface area (Å²) in [5, 5.41) is 10.5. The van der Waals surface area contributed by atoms with Crippen molar-refractivity contribution in [3.63, 3.8) is 0 Å². The van der Waals surface area contributed by atoms with E-state index in [1.165, 1.54) is 0 Å². The molecule has 28 heavy (non-hydrogen) atoms. The molecule has 0 saturated heterocycles. The van der Waals surface area contributed by atoms with Crippen molar-refractivity contribution in [2.24, 2.45) is 0 Å². The van der Waals surface area contributed by atoms with Crippen LogP contribution in [0.5, 0.6) is 11.5 Å². The number of ether oxygens (including phenoxy) is 1. The van der Waals surface area contributed by atoms with E-state index >= 15 is 0 Å². The molecule has 0 unspecified atom stereocenters. The van der Waals surface area contributed by atoms with Crippen LogP contribution in [0.4, 0.5) is 0 Å². The van der Waals surface area contributed by atoms with Gasteiger partial charge in [-0.15, -0.1) is 0 Å². The van der Waals surface area contributed by atoms with Crippen LogP contribution in [-0.2, 0) is 13.0 Å². The van der Waals surface area contributed by atoms with Crippen molar-refractivity contribution < 1.29 is 14.6 Å². The second kappa shape index (κ2) is 7.68. The zero-order valence-corrected chi connectivity index (χ0v) is 15.6. The van der Waals surface area contributed by atoms with Crippen molar-refractivity contribution in [3.05, 3.63) is 71.8 Å². The highest BCUT2D eigenvalue weighted by Crippen LogP contribution is 2.37. The number of carbonyl (C=O) groups excluding carboxylic acids is 1. The van der Waals surface area contributed by atoms with Crippen molar-refractivity contribution >= 4 is 5.91 Å². The lowest BCUT2D eigenvalue weighted by molar-refractivity contribution is 0.0733. The van der Waals surface area contributed by atoms with Crippen LogP contribution in [0, 0.1) is 0 Å². The molecule has 0 radical (unpaired) electrons. The van der Waals surface area contributed by atoms with E-state index in [-0.39, 0.29) is 11.7 Å². The molecule has 1 N–H and O–H groups in total. The van der Waals surface area contributed by atoms with Crippen LogP contribution in [0.15, 0.2) is 55.0 Å². The quantitative estimate of drug-likeness (QED) is 0.759. The SMILES string of the molecule is CCc1cc(C(=O)N2CCOc3c(O)cc(-c4cccnc4)cc3C2)ccn1. The molecule has 0 bridgehead atoms. The first kappa shape index (κ1) is 18.0. The first-order chi connectivity index (χ1) is 13.7. The summed E-state index contributed by atoms with van der Waals surface area (Å²) in [7, 11) is 0. The Kier molecular flexibility index (Phi) is 4.93. The van der Waals surface area contributed by atoms with Crippen molar-refractivity contribution in [1.29, 1.82) is 0 Å². The van der Waals surface area contributed by atoms with E-state index in [9.17, 15) is 9.90 Å². The van der Waals surface area contributed by atoms with Gasteiger partial charge in [0.1, 0.15) is 6.61 Å². The number of hydrogen-bond donors (Lipinski definition) is 1. The molecule has 6 heteroatoms. The molecule has 0 fully saturated rings. The molecule has 3 heterocycles. The number of fused-ring (bicyclic) bond motifs is 1. The molecule has 0 spiro atoms. The maximum Gasteiger partial charge on any atom is 0.254 e. The summed E-state index contributed by atoms with van der Waals surface area (Å²) < 4.78 is 5.76. The Morgan fingerprint density at radius 3 is 2.89 bits per heavy atom. The molecule has 1 aliphatic rings. The van der Waals surface area contributed by atoms with E-state index < -0.39 is 0 Å². The summed E-state index contributed by atoms with van der Waals surface area (Å²) in [5.41, 5.74) is 4.00. The summed E-state index contributed by atoms with van der Waals surface area (Å²) in [6.07, 6.45) is 5.89. The fraction of sp³-hybridized carbons (Fsp3) is 0.227. The Balaban J connectivity index is 1.67. The van der Waals surface area contributed by atoms with Crippen molar-refractivity contribution in [2.75, 3.05) is 13.2 Å². The Labute approximate surface area is 163 Å². The molecule has 142 valence electrons. The second-order valence-electron chi connectivity index (χ2n) is 6.69. The Bertz CT molecular complexity index is 1010. The third kappa shape index (κ3) is 3.53. The number of hydrogen-bond acceptors (Lipinski definition) is 5. The molecule has 0 aliphatic carbocycles. The minimum Gasteiger partial charge on any atom is -0.504 e. The second-order valence-corrected chi connectivity index (χ2v) is 6.69. The fourth-order valence-electron chi connectivity index (χ4n) is 3.36. The molecule has 3 aromatic rings. The van der Waals surface area contributed by atoms with Gasteiger partial charge in [0.2, 0.25) is 0 Å². The summed E-state index contributed by atoms with van der Waals surface area (Å²) in [6, 6.07) is 11.0. The molecular formula is C22H21N3O3. The highest BCUT2D eigenvalue weighted by Gasteiger charge is 2.24. The van der Waals surface area contributed by atoms with E-state index in [0.717, 1.165) is 28.8 Å². The van der Waals surface area contributed by atoms with E-state index in [0.29, 0.717) is 31.0 Å². The van der Waals surface area contributed by atoms with Gasteiger partial charge in [-0.05, 0) is 42.3 Å². The summed E-state index contributed by atoms with van der Waals surface area (Å²) in [6.45, 7) is 3.14. The van der Waals surface area contributed by atoms with Crippen LogP contribution in [0.3, 0.4) is 0 Å². The van der Waals surface area contributed by atoms with Crippen LogP contribution in [0.1, 0.15) is 28.5 Å². The molecular weight excluding hydrogens is 354 g/mol. The monoisotopic (exact) mass is 375 g/mol. The Morgan fingerprint density at radius 2 is 2.11 bits per heavy atom. The van der Waals surface area contributed by atoms with Crippen LogP contribution in [0.2, 0.25) is 0 Å². The van der Waals surface area contributed by atoms with E-state index in [2.05, 4.69) is 9.97 Å². The highest BCUT2D eigenvalue weighted by atomic mass is 16.5. The maximum absolute atomic E-state index is 13.0. The van der Waals surface area contributed by atoms with Gasteiger partial charge in [0, 0.05) is 47.5 Å². The number of phenols is 1. The normalized spacial score (nSPS) is 13.4. The molecule has 0 atom stereocenters. The van der Waals surface area contributed by atoms with Crippen LogP contribution in [-0.4, -0.2) is 39.0 Å². The van der Waals surface area contributed by atoms with E-state index in [1.54, 1.807) is 35.6 Å². The Hall–Kier alpha value is -3.41. The third-order valence-corrected chi connectivity index (χ3v) is 4.82. The predicted molar refractivity (Wildman–Crippen MR) is 105 cm³/mol. The molecule has 2 aromatic heterocycles. The minimum absolute atomic E-state index is 0.0696. The average Bonchev–Trinajstić information content (AvgIpc) is 2.97. The molecule has 6 nitrogen and oxygen atoms in total. The number of rotatable bonds is 3. The van der Waals surface area contributed by atoms with Gasteiger partial charge in [-0.3, -0.25) is 14.8 Å². The van der Waals surface area contributed by atoms with Gasteiger partial charge in [0.15, 0.2) is 11.5 Å². The van der Waals surface area contributed by atoms with Crippen LogP contribution in [0.25, 0.3) is 11.1 Å². The number of aromatic nitrogens is 2. The average molecular weight is 375 g/mol. The predicted octanol–water partition coefficient (Wildman–Crippen LogP) is 3.45. The van der Waals surface area contributed by atoms with Crippen molar-refractivity contribution in [3.8, 4) is 22.6 Å². The number of amides is 1. The van der Waals surface area contributed by atoms with Gasteiger partial charge >= 0.3 is 0 Å². The zero-order valence-electron chi connectivity index (χ0n) is 15.6. The number of pyridine rings is 2. The fourth-order valence-corrected chi connectivity index (χ4v) is 3.36. The molecule has 1 aliphatic heterocycles. The third-order valence-electron chi connectivity index (χ3n) is 4.82. The number of nitrogens with zero attached hydrogens (tertiary/aromatic N) is 3. The smallest absolute Gasteiger partial charge is 0.254 e. The zero-order chi connectivity index (χ0) is 19.5. The lowest BCUT2D eigenvalue weighted by Crippen LogP contribution is -2.32. The number of phenolic OH excluding ortho intramolecular Hbond substituents is 1. The number of benzene rings is 1. The first-order valence-electron chi connectivity index (χ1n) is 9.29. The lowest BCUT2D eigenvalue weighted by Gasteiger charge is -2.20. The van der Waals surface area contributed by atoms with Gasteiger partial charge in [-0.2, -0.15) is 0 Å². The number of carbonyl (C=O) groups is 1. The number of aromatic hydroxyl groups is 1. The standard InChI is InChI=1S/C22H21N3O3/c1-2-19-11-15(5-7-24-19)22(27)25-8-9-28-21-18(14-25)10-17(12-20(21)26)16-4-3-6-23-13-16/h3-7,10-13,26H,2,8-9,14H2,1H3. The van der Waals surface area contributed by atoms with Gasteiger partial charge in [-0.1, -0.05) is 13.0 Å². The largest absolute Gasteiger partial charge is 0.504 e. The van der Waals surface area contributed by atoms with Crippen molar-refractivity contribution in [1.82, 2.24) is 14.9 Å². The molecule has 4 rings (SSSR count). The summed E-state index contributed by atoms with van der Waals surface area (Å²) >= 11 is 0. The molecule has 1 amide bonds. The molecule has 1 aromatic carbocycles. The Morgan fingerprint density at radius 1 is 1.21 bits per heavy atom. The maximum atomic E-state index is 13.0. The summed E-state index contributed by atoms with van der Waals surface area (Å²) in [4.78, 5) is 23.2.